The number of hydrogen-bond acceptors (Lipinski definition) is 6. The number of phenols is 1. The van der Waals surface area contributed by atoms with E-state index in [1.165, 1.54) is 44.6 Å². The highest BCUT2D eigenvalue weighted by atomic mass is 16.5. The van der Waals surface area contributed by atoms with Crippen molar-refractivity contribution in [1.29, 1.82) is 0 Å². The number of carbonyl (C=O) groups is 3. The zero-order valence-electron chi connectivity index (χ0n) is 14.6. The van der Waals surface area contributed by atoms with Crippen molar-refractivity contribution in [2.75, 3.05) is 19.1 Å². The summed E-state index contributed by atoms with van der Waals surface area (Å²) in [5.41, 5.74) is 0.479. The number of aromatic hydroxyl groups is 1. The van der Waals surface area contributed by atoms with E-state index in [0.717, 1.165) is 4.90 Å². The third-order valence-electron chi connectivity index (χ3n) is 3.93. The highest BCUT2D eigenvalue weighted by Crippen LogP contribution is 2.29. The molecule has 27 heavy (non-hydrogen) atoms. The molecule has 0 radical (unpaired) electrons. The van der Waals surface area contributed by atoms with Gasteiger partial charge in [0, 0.05) is 6.07 Å². The minimum absolute atomic E-state index is 0.0766. The molecule has 1 aliphatic rings. The van der Waals surface area contributed by atoms with E-state index in [4.69, 9.17) is 9.47 Å². The molecule has 8 nitrogen and oxygen atoms in total. The number of rotatable bonds is 4. The minimum Gasteiger partial charge on any atom is -0.504 e. The molecule has 1 aliphatic heterocycles. The molecule has 1 heterocycles. The Hall–Kier alpha value is -3.81. The number of methoxy groups -OCH3 is 2. The number of urea groups is 1. The smallest absolute Gasteiger partial charge is 0.335 e. The van der Waals surface area contributed by atoms with Crippen LogP contribution in [0.4, 0.5) is 10.5 Å². The van der Waals surface area contributed by atoms with Crippen molar-refractivity contribution in [2.24, 2.45) is 0 Å². The van der Waals surface area contributed by atoms with E-state index in [-0.39, 0.29) is 22.8 Å². The summed E-state index contributed by atoms with van der Waals surface area (Å²) in [6.45, 7) is 0. The van der Waals surface area contributed by atoms with Gasteiger partial charge in [0.05, 0.1) is 19.9 Å². The zero-order chi connectivity index (χ0) is 19.6. The van der Waals surface area contributed by atoms with Gasteiger partial charge in [-0.25, -0.2) is 9.69 Å². The van der Waals surface area contributed by atoms with Crippen LogP contribution in [0.5, 0.6) is 17.2 Å². The summed E-state index contributed by atoms with van der Waals surface area (Å²) in [6, 6.07) is 9.86. The van der Waals surface area contributed by atoms with Crippen molar-refractivity contribution >= 4 is 29.6 Å². The van der Waals surface area contributed by atoms with Crippen LogP contribution in [-0.2, 0) is 9.59 Å². The number of benzene rings is 2. The number of barbiturate groups is 1. The number of nitrogens with one attached hydrogen (secondary N) is 1. The standard InChI is InChI=1S/C19H16N2O6/c1-26-13-5-3-4-12(10-13)21-18(24)14(17(23)20-19(21)25)8-11-6-7-15(22)16(9-11)27-2/h3-10,22H,1-2H3,(H,20,23,25)/b14-8-. The van der Waals surface area contributed by atoms with E-state index < -0.39 is 17.8 Å². The number of carbonyl (C=O) groups excluding carboxylic acids is 3. The van der Waals surface area contributed by atoms with E-state index in [0.29, 0.717) is 11.3 Å². The van der Waals surface area contributed by atoms with Crippen molar-refractivity contribution < 1.29 is 29.0 Å². The molecule has 2 aromatic carbocycles. The Balaban J connectivity index is 2.02. The molecule has 2 aromatic rings. The summed E-state index contributed by atoms with van der Waals surface area (Å²) in [5.74, 6) is -1.01. The lowest BCUT2D eigenvalue weighted by Gasteiger charge is -2.26. The van der Waals surface area contributed by atoms with Crippen molar-refractivity contribution in [1.82, 2.24) is 5.32 Å². The maximum Gasteiger partial charge on any atom is 0.335 e. The summed E-state index contributed by atoms with van der Waals surface area (Å²) in [6.07, 6.45) is 1.32. The van der Waals surface area contributed by atoms with E-state index in [1.807, 2.05) is 0 Å². The van der Waals surface area contributed by atoms with Gasteiger partial charge in [0.15, 0.2) is 11.5 Å². The molecular formula is C19H16N2O6. The van der Waals surface area contributed by atoms with Gasteiger partial charge in [-0.1, -0.05) is 12.1 Å². The lowest BCUT2D eigenvalue weighted by atomic mass is 10.1. The molecule has 2 N–H and O–H groups in total. The van der Waals surface area contributed by atoms with Crippen LogP contribution in [0, 0.1) is 0 Å². The molecule has 0 saturated carbocycles. The van der Waals surface area contributed by atoms with Crippen LogP contribution in [0.2, 0.25) is 0 Å². The maximum atomic E-state index is 12.8. The quantitative estimate of drug-likeness (QED) is 0.632. The number of hydrogen-bond donors (Lipinski definition) is 2. The second-order valence-electron chi connectivity index (χ2n) is 5.59. The molecule has 0 bridgehead atoms. The predicted octanol–water partition coefficient (Wildman–Crippen LogP) is 2.08. The molecule has 4 amide bonds. The van der Waals surface area contributed by atoms with Crippen LogP contribution in [0.1, 0.15) is 5.56 Å². The Bertz CT molecular complexity index is 966. The van der Waals surface area contributed by atoms with E-state index >= 15 is 0 Å². The fourth-order valence-electron chi connectivity index (χ4n) is 2.59. The Morgan fingerprint density at radius 3 is 2.52 bits per heavy atom. The third-order valence-corrected chi connectivity index (χ3v) is 3.93. The van der Waals surface area contributed by atoms with E-state index in [9.17, 15) is 19.5 Å². The number of imide groups is 2. The van der Waals surface area contributed by atoms with Crippen molar-refractivity contribution in [3.63, 3.8) is 0 Å². The first-order chi connectivity index (χ1) is 12.9. The van der Waals surface area contributed by atoms with Gasteiger partial charge in [-0.15, -0.1) is 0 Å². The molecule has 8 heteroatoms. The lowest BCUT2D eigenvalue weighted by molar-refractivity contribution is -0.122. The number of anilines is 1. The molecule has 0 unspecified atom stereocenters. The highest BCUT2D eigenvalue weighted by molar-refractivity contribution is 6.39. The summed E-state index contributed by atoms with van der Waals surface area (Å²) >= 11 is 0. The van der Waals surface area contributed by atoms with Gasteiger partial charge in [0.1, 0.15) is 11.3 Å². The fraction of sp³-hybridized carbons (Fsp3) is 0.105. The third kappa shape index (κ3) is 3.45. The van der Waals surface area contributed by atoms with Crippen molar-refractivity contribution in [3.05, 3.63) is 53.6 Å². The Morgan fingerprint density at radius 2 is 1.81 bits per heavy atom. The molecule has 3 rings (SSSR count). The molecule has 1 saturated heterocycles. The van der Waals surface area contributed by atoms with Crippen LogP contribution >= 0.6 is 0 Å². The lowest BCUT2D eigenvalue weighted by Crippen LogP contribution is -2.54. The Morgan fingerprint density at radius 1 is 1.04 bits per heavy atom. The summed E-state index contributed by atoms with van der Waals surface area (Å²) in [5, 5.41) is 11.8. The first-order valence-electron chi connectivity index (χ1n) is 7.87. The summed E-state index contributed by atoms with van der Waals surface area (Å²) < 4.78 is 10.1. The van der Waals surface area contributed by atoms with Crippen LogP contribution in [0.25, 0.3) is 6.08 Å². The van der Waals surface area contributed by atoms with E-state index in [2.05, 4.69) is 5.32 Å². The Kier molecular flexibility index (Phi) is 4.80. The predicted molar refractivity (Wildman–Crippen MR) is 96.7 cm³/mol. The molecule has 138 valence electrons. The number of phenolic OH excluding ortho intramolecular Hbond substituents is 1. The van der Waals surface area contributed by atoms with Gasteiger partial charge in [-0.05, 0) is 35.9 Å². The highest BCUT2D eigenvalue weighted by Gasteiger charge is 2.36. The van der Waals surface area contributed by atoms with Crippen LogP contribution in [-0.4, -0.2) is 37.2 Å². The first-order valence-corrected chi connectivity index (χ1v) is 7.87. The minimum atomic E-state index is -0.848. The van der Waals surface area contributed by atoms with Gasteiger partial charge >= 0.3 is 6.03 Å². The van der Waals surface area contributed by atoms with Gasteiger partial charge in [0.25, 0.3) is 11.8 Å². The fourth-order valence-corrected chi connectivity index (χ4v) is 2.59. The largest absolute Gasteiger partial charge is 0.504 e. The molecule has 0 aromatic heterocycles. The van der Waals surface area contributed by atoms with Gasteiger partial charge < -0.3 is 14.6 Å². The topological polar surface area (TPSA) is 105 Å². The average Bonchev–Trinajstić information content (AvgIpc) is 2.66. The summed E-state index contributed by atoms with van der Waals surface area (Å²) in [7, 11) is 2.85. The van der Waals surface area contributed by atoms with Crippen LogP contribution < -0.4 is 19.7 Å². The average molecular weight is 368 g/mol. The van der Waals surface area contributed by atoms with Gasteiger partial charge in [0.2, 0.25) is 0 Å². The van der Waals surface area contributed by atoms with Crippen molar-refractivity contribution in [3.8, 4) is 17.2 Å². The number of amides is 4. The number of ether oxygens (including phenoxy) is 2. The maximum absolute atomic E-state index is 12.8. The molecule has 0 aliphatic carbocycles. The number of nitrogens with zero attached hydrogens (tertiary/aromatic N) is 1. The van der Waals surface area contributed by atoms with E-state index in [1.54, 1.807) is 18.2 Å². The first kappa shape index (κ1) is 18.0. The van der Waals surface area contributed by atoms with Gasteiger partial charge in [-0.2, -0.15) is 0 Å². The van der Waals surface area contributed by atoms with Crippen LogP contribution in [0.3, 0.4) is 0 Å². The zero-order valence-corrected chi connectivity index (χ0v) is 14.6. The second kappa shape index (κ2) is 7.20. The summed E-state index contributed by atoms with van der Waals surface area (Å²) in [4.78, 5) is 38.1. The molecule has 0 atom stereocenters. The van der Waals surface area contributed by atoms with Gasteiger partial charge in [-0.3, -0.25) is 14.9 Å². The SMILES string of the molecule is COc1cccc(N2C(=O)NC(=O)/C(=C/c3ccc(O)c(OC)c3)C2=O)c1. The normalized spacial score (nSPS) is 15.7. The molecule has 1 fully saturated rings. The molecular weight excluding hydrogens is 352 g/mol. The monoisotopic (exact) mass is 368 g/mol. The van der Waals surface area contributed by atoms with Crippen LogP contribution in [0.15, 0.2) is 48.0 Å². The second-order valence-corrected chi connectivity index (χ2v) is 5.59. The molecule has 0 spiro atoms. The Labute approximate surface area is 154 Å². The van der Waals surface area contributed by atoms with Crippen molar-refractivity contribution in [2.45, 2.75) is 0 Å².